The van der Waals surface area contributed by atoms with Gasteiger partial charge in [-0.25, -0.2) is 0 Å². The first-order valence-corrected chi connectivity index (χ1v) is 7.43. The third-order valence-electron chi connectivity index (χ3n) is 3.37. The highest BCUT2D eigenvalue weighted by Gasteiger charge is 2.19. The Labute approximate surface area is 132 Å². The molecule has 0 atom stereocenters. The number of likely N-dealkylation sites (N-methyl/N-ethyl adjacent to an activating group) is 1. The molecule has 0 aliphatic rings. The average Bonchev–Trinajstić information content (AvgIpc) is 2.44. The van der Waals surface area contributed by atoms with E-state index in [1.54, 1.807) is 13.1 Å². The van der Waals surface area contributed by atoms with E-state index in [1.165, 1.54) is 11.0 Å². The van der Waals surface area contributed by atoms with Crippen LogP contribution in [0.3, 0.4) is 0 Å². The van der Waals surface area contributed by atoms with E-state index < -0.39 is 0 Å². The molecule has 0 saturated heterocycles. The zero-order valence-electron chi connectivity index (χ0n) is 13.8. The summed E-state index contributed by atoms with van der Waals surface area (Å²) < 4.78 is 0. The maximum atomic E-state index is 12.5. The summed E-state index contributed by atoms with van der Waals surface area (Å²) in [5.74, 6) is -0.458. The van der Waals surface area contributed by atoms with Crippen molar-refractivity contribution >= 4 is 5.91 Å². The van der Waals surface area contributed by atoms with E-state index in [4.69, 9.17) is 0 Å². The van der Waals surface area contributed by atoms with Crippen LogP contribution in [0, 0.1) is 0 Å². The van der Waals surface area contributed by atoms with Gasteiger partial charge in [-0.05, 0) is 29.5 Å². The van der Waals surface area contributed by atoms with E-state index in [9.17, 15) is 15.0 Å². The van der Waals surface area contributed by atoms with Gasteiger partial charge in [-0.15, -0.1) is 0 Å². The van der Waals surface area contributed by atoms with Gasteiger partial charge in [-0.1, -0.05) is 39.5 Å². The minimum atomic E-state index is -0.301. The monoisotopic (exact) mass is 303 g/mol. The van der Waals surface area contributed by atoms with Gasteiger partial charge in [0.2, 0.25) is 0 Å². The van der Waals surface area contributed by atoms with Crippen LogP contribution in [0.5, 0.6) is 11.5 Å². The Morgan fingerprint density at radius 3 is 2.50 bits per heavy atom. The predicted molar refractivity (Wildman–Crippen MR) is 89.4 cm³/mol. The van der Waals surface area contributed by atoms with Gasteiger partial charge in [0.25, 0.3) is 5.91 Å². The lowest BCUT2D eigenvalue weighted by molar-refractivity contribution is 0.0805. The summed E-state index contributed by atoms with van der Waals surface area (Å²) in [7, 11) is 1.66. The number of hydrogen-bond acceptors (Lipinski definition) is 3. The molecule has 0 radical (unpaired) electrons. The quantitative estimate of drug-likeness (QED) is 0.785. The van der Waals surface area contributed by atoms with Gasteiger partial charge in [-0.3, -0.25) is 4.79 Å². The van der Waals surface area contributed by atoms with Gasteiger partial charge in [0.15, 0.2) is 0 Å². The second kappa shape index (κ2) is 7.69. The average molecular weight is 303 g/mol. The maximum absolute atomic E-state index is 12.5. The summed E-state index contributed by atoms with van der Waals surface area (Å²) in [6, 6.07) is 2.78. The van der Waals surface area contributed by atoms with Crippen LogP contribution in [0.2, 0.25) is 0 Å². The van der Waals surface area contributed by atoms with Crippen LogP contribution in [0.1, 0.15) is 49.0 Å². The van der Waals surface area contributed by atoms with Gasteiger partial charge in [-0.2, -0.15) is 0 Å². The summed E-state index contributed by atoms with van der Waals surface area (Å²) in [6.07, 6.45) is 4.78. The predicted octanol–water partition coefficient (Wildman–Crippen LogP) is 3.82. The molecule has 1 amide bonds. The molecule has 0 aromatic heterocycles. The highest BCUT2D eigenvalue weighted by atomic mass is 16.3. The molecule has 2 N–H and O–H groups in total. The molecule has 0 unspecified atom stereocenters. The van der Waals surface area contributed by atoms with E-state index in [2.05, 4.69) is 6.58 Å². The van der Waals surface area contributed by atoms with Gasteiger partial charge < -0.3 is 15.1 Å². The molecule has 1 aromatic rings. The molecule has 120 valence electrons. The van der Waals surface area contributed by atoms with Crippen molar-refractivity contribution < 1.29 is 15.0 Å². The van der Waals surface area contributed by atoms with Crippen molar-refractivity contribution in [1.82, 2.24) is 4.90 Å². The Morgan fingerprint density at radius 1 is 1.32 bits per heavy atom. The fraction of sp³-hybridized carbons (Fsp3) is 0.389. The number of hydrogen-bond donors (Lipinski definition) is 2. The summed E-state index contributed by atoms with van der Waals surface area (Å²) in [4.78, 5) is 14.0. The number of allylic oxidation sites excluding steroid dienone is 1. The maximum Gasteiger partial charge on any atom is 0.257 e. The third-order valence-corrected chi connectivity index (χ3v) is 3.37. The molecule has 0 spiro atoms. The zero-order valence-corrected chi connectivity index (χ0v) is 13.8. The van der Waals surface area contributed by atoms with Crippen LogP contribution in [0.25, 0.3) is 0 Å². The number of aromatic hydroxyl groups is 2. The first kappa shape index (κ1) is 17.8. The Balaban J connectivity index is 3.00. The minimum absolute atomic E-state index is 0.00184. The summed E-state index contributed by atoms with van der Waals surface area (Å²) in [5.41, 5.74) is 1.65. The first-order chi connectivity index (χ1) is 10.3. The highest BCUT2D eigenvalue weighted by Crippen LogP contribution is 2.32. The molecule has 1 rings (SSSR count). The molecule has 0 fully saturated rings. The second-order valence-electron chi connectivity index (χ2n) is 5.71. The molecule has 1 aromatic carbocycles. The molecule has 4 heteroatoms. The summed E-state index contributed by atoms with van der Waals surface area (Å²) in [5, 5.41) is 19.8. The lowest BCUT2D eigenvalue weighted by Crippen LogP contribution is -2.28. The van der Waals surface area contributed by atoms with Crippen LogP contribution in [-0.2, 0) is 0 Å². The van der Waals surface area contributed by atoms with Crippen molar-refractivity contribution in [3.63, 3.8) is 0 Å². The van der Waals surface area contributed by atoms with E-state index in [0.29, 0.717) is 12.1 Å². The number of carbonyl (C=O) groups excluding carboxylic acids is 1. The van der Waals surface area contributed by atoms with Gasteiger partial charge in [0.05, 0.1) is 5.56 Å². The van der Waals surface area contributed by atoms with Crippen molar-refractivity contribution in [2.75, 3.05) is 13.6 Å². The Morgan fingerprint density at radius 2 is 1.95 bits per heavy atom. The number of nitrogens with zero attached hydrogens (tertiary/aromatic N) is 1. The van der Waals surface area contributed by atoms with Crippen LogP contribution < -0.4 is 0 Å². The van der Waals surface area contributed by atoms with Gasteiger partial charge >= 0.3 is 0 Å². The number of phenols is 2. The highest BCUT2D eigenvalue weighted by molar-refractivity contribution is 5.97. The van der Waals surface area contributed by atoms with Crippen LogP contribution in [0.15, 0.2) is 36.4 Å². The molecule has 0 bridgehead atoms. The molecule has 4 nitrogen and oxygen atoms in total. The lowest BCUT2D eigenvalue weighted by Gasteiger charge is -2.19. The second-order valence-corrected chi connectivity index (χ2v) is 5.71. The SMILES string of the molecule is C=C(/C=C\CC)CN(C)C(=O)c1cc(C(C)C)c(O)cc1O. The van der Waals surface area contributed by atoms with Crippen LogP contribution in [0.4, 0.5) is 0 Å². The van der Waals surface area contributed by atoms with Crippen molar-refractivity contribution in [3.8, 4) is 11.5 Å². The van der Waals surface area contributed by atoms with E-state index in [0.717, 1.165) is 12.0 Å². The van der Waals surface area contributed by atoms with E-state index >= 15 is 0 Å². The number of rotatable bonds is 6. The van der Waals surface area contributed by atoms with Gasteiger partial charge in [0.1, 0.15) is 11.5 Å². The third kappa shape index (κ3) is 4.38. The van der Waals surface area contributed by atoms with Crippen molar-refractivity contribution in [1.29, 1.82) is 0 Å². The van der Waals surface area contributed by atoms with E-state index in [1.807, 2.05) is 32.9 Å². The zero-order chi connectivity index (χ0) is 16.9. The number of carbonyl (C=O) groups is 1. The van der Waals surface area contributed by atoms with Gasteiger partial charge in [0, 0.05) is 19.7 Å². The van der Waals surface area contributed by atoms with Crippen molar-refractivity contribution in [2.45, 2.75) is 33.1 Å². The summed E-state index contributed by atoms with van der Waals surface area (Å²) >= 11 is 0. The Hall–Kier alpha value is -2.23. The Kier molecular flexibility index (Phi) is 6.23. The largest absolute Gasteiger partial charge is 0.508 e. The van der Waals surface area contributed by atoms with Crippen molar-refractivity contribution in [3.05, 3.63) is 47.6 Å². The fourth-order valence-corrected chi connectivity index (χ4v) is 2.15. The van der Waals surface area contributed by atoms with Crippen molar-refractivity contribution in [2.24, 2.45) is 0 Å². The Bertz CT molecular complexity index is 588. The smallest absolute Gasteiger partial charge is 0.257 e. The fourth-order valence-electron chi connectivity index (χ4n) is 2.15. The molecule has 22 heavy (non-hydrogen) atoms. The number of amides is 1. The number of phenolic OH excluding ortho intramolecular Hbond substituents is 2. The van der Waals surface area contributed by atoms with Crippen LogP contribution in [-0.4, -0.2) is 34.6 Å². The molecular formula is C18H25NO3. The molecule has 0 aliphatic carbocycles. The lowest BCUT2D eigenvalue weighted by atomic mass is 9.98. The molecule has 0 aliphatic heterocycles. The molecular weight excluding hydrogens is 278 g/mol. The van der Waals surface area contributed by atoms with E-state index in [-0.39, 0.29) is 28.9 Å². The molecule has 0 heterocycles. The normalized spacial score (nSPS) is 11.1. The minimum Gasteiger partial charge on any atom is -0.508 e. The topological polar surface area (TPSA) is 60.8 Å². The standard InChI is InChI=1S/C18H25NO3/c1-6-7-8-13(4)11-19(5)18(22)15-9-14(12(2)3)16(20)10-17(15)21/h7-10,12,20-21H,4,6,11H2,1-3,5H3/b8-7-. The summed E-state index contributed by atoms with van der Waals surface area (Å²) in [6.45, 7) is 10.2. The van der Waals surface area contributed by atoms with Crippen LogP contribution >= 0.6 is 0 Å². The molecule has 0 saturated carbocycles. The first-order valence-electron chi connectivity index (χ1n) is 7.43. The number of benzene rings is 1.